The molecule has 2 rings (SSSR count). The highest BCUT2D eigenvalue weighted by atomic mass is 79.9. The van der Waals surface area contributed by atoms with Gasteiger partial charge in [-0.3, -0.25) is 4.79 Å². The molecule has 2 N–H and O–H groups in total. The van der Waals surface area contributed by atoms with E-state index in [1.807, 2.05) is 56.3 Å². The van der Waals surface area contributed by atoms with Gasteiger partial charge < -0.3 is 24.8 Å². The molecule has 0 aromatic heterocycles. The van der Waals surface area contributed by atoms with Crippen LogP contribution in [0, 0.1) is 0 Å². The minimum Gasteiger partial charge on any atom is -0.460 e. The van der Waals surface area contributed by atoms with Crippen LogP contribution in [0.25, 0.3) is 0 Å². The van der Waals surface area contributed by atoms with Gasteiger partial charge in [0, 0.05) is 29.9 Å². The lowest BCUT2D eigenvalue weighted by molar-refractivity contribution is -0.156. The Balaban J connectivity index is 1.52. The van der Waals surface area contributed by atoms with Gasteiger partial charge in [0.05, 0.1) is 6.42 Å². The predicted octanol–water partition coefficient (Wildman–Crippen LogP) is 6.39. The highest BCUT2D eigenvalue weighted by Crippen LogP contribution is 2.21. The number of hydrogen-bond acceptors (Lipinski definition) is 7. The highest BCUT2D eigenvalue weighted by Gasteiger charge is 2.22. The van der Waals surface area contributed by atoms with E-state index >= 15 is 0 Å². The molecular formula is C30H41BrN2O6S. The molecule has 2 aromatic carbocycles. The quantitative estimate of drug-likeness (QED) is 0.0845. The van der Waals surface area contributed by atoms with Crippen LogP contribution in [0.2, 0.25) is 0 Å². The molecule has 0 saturated carbocycles. The number of rotatable bonds is 18. The van der Waals surface area contributed by atoms with E-state index in [9.17, 15) is 14.4 Å². The summed E-state index contributed by atoms with van der Waals surface area (Å²) in [5.74, 6) is 1.11. The first kappa shape index (κ1) is 33.5. The van der Waals surface area contributed by atoms with Crippen LogP contribution >= 0.6 is 27.7 Å². The number of halogens is 1. The zero-order chi connectivity index (χ0) is 29.1. The molecule has 2 aromatic rings. The highest BCUT2D eigenvalue weighted by molar-refractivity contribution is 9.09. The summed E-state index contributed by atoms with van der Waals surface area (Å²) in [5, 5.41) is 6.05. The van der Waals surface area contributed by atoms with Crippen molar-refractivity contribution in [3.8, 4) is 0 Å². The number of aryl methyl sites for hydroxylation is 1. The summed E-state index contributed by atoms with van der Waals surface area (Å²) in [6.45, 7) is 5.37. The third kappa shape index (κ3) is 15.8. The summed E-state index contributed by atoms with van der Waals surface area (Å²) in [5.41, 5.74) is 2.56. The number of hydrogen-bond donors (Lipinski definition) is 2. The van der Waals surface area contributed by atoms with E-state index in [2.05, 4.69) is 38.7 Å². The number of thioether (sulfide) groups is 1. The number of carbonyl (C=O) groups is 3. The van der Waals surface area contributed by atoms with Crippen LogP contribution < -0.4 is 10.6 Å². The Morgan fingerprint density at radius 2 is 1.48 bits per heavy atom. The van der Waals surface area contributed by atoms with Gasteiger partial charge in [-0.2, -0.15) is 11.8 Å². The maximum Gasteiger partial charge on any atom is 0.407 e. The Hall–Kier alpha value is -2.72. The molecule has 0 aliphatic carbocycles. The second-order valence-electron chi connectivity index (χ2n) is 9.80. The van der Waals surface area contributed by atoms with Gasteiger partial charge in [-0.05, 0) is 56.2 Å². The first-order valence-electron chi connectivity index (χ1n) is 13.6. The van der Waals surface area contributed by atoms with Crippen LogP contribution in [0.4, 0.5) is 9.59 Å². The number of ether oxygens (including phenoxy) is 3. The zero-order valence-corrected chi connectivity index (χ0v) is 25.8. The van der Waals surface area contributed by atoms with E-state index in [1.54, 1.807) is 11.8 Å². The Morgan fingerprint density at radius 3 is 2.20 bits per heavy atom. The first-order chi connectivity index (χ1) is 19.3. The number of esters is 1. The smallest absolute Gasteiger partial charge is 0.407 e. The summed E-state index contributed by atoms with van der Waals surface area (Å²) >= 11 is 4.85. The Labute approximate surface area is 250 Å². The molecule has 0 radical (unpaired) electrons. The molecule has 0 aliphatic rings. The molecule has 0 atom stereocenters. The van der Waals surface area contributed by atoms with Crippen LogP contribution in [0.15, 0.2) is 54.6 Å². The molecule has 220 valence electrons. The average molecular weight is 638 g/mol. The fraction of sp³-hybridized carbons (Fsp3) is 0.500. The van der Waals surface area contributed by atoms with Crippen LogP contribution in [0.5, 0.6) is 0 Å². The number of nitrogens with one attached hydrogen (secondary N) is 2. The van der Waals surface area contributed by atoms with Crippen molar-refractivity contribution in [2.45, 2.75) is 64.8 Å². The summed E-state index contributed by atoms with van der Waals surface area (Å²) in [4.78, 5) is 35.7. The standard InChI is InChI=1S/C30H41BrN2O6S/c1-30(2,15-7-6-9-24-12-8-13-26(21-24)23-38-28(35)32-17-16-31)39-27(34)14-19-40-20-18-33-29(36)37-22-25-10-4-3-5-11-25/h3-5,8,10-13,21H,6-7,9,14-20,22-23H2,1-2H3,(H,32,35)(H,33,36). The number of unbranched alkanes of at least 4 members (excludes halogenated alkanes) is 1. The third-order valence-electron chi connectivity index (χ3n) is 5.79. The summed E-state index contributed by atoms with van der Waals surface area (Å²) in [7, 11) is 0. The minimum absolute atomic E-state index is 0.208. The molecular weight excluding hydrogens is 596 g/mol. The van der Waals surface area contributed by atoms with Crippen molar-refractivity contribution in [3.63, 3.8) is 0 Å². The monoisotopic (exact) mass is 636 g/mol. The van der Waals surface area contributed by atoms with Crippen molar-refractivity contribution >= 4 is 45.8 Å². The van der Waals surface area contributed by atoms with Gasteiger partial charge in [-0.1, -0.05) is 70.5 Å². The lowest BCUT2D eigenvalue weighted by Gasteiger charge is -2.25. The number of carbonyl (C=O) groups excluding carboxylic acids is 3. The van der Waals surface area contributed by atoms with E-state index in [4.69, 9.17) is 14.2 Å². The molecule has 8 nitrogen and oxygen atoms in total. The summed E-state index contributed by atoms with van der Waals surface area (Å²) in [6.07, 6.45) is 3.03. The Bertz CT molecular complexity index is 1040. The number of alkyl carbamates (subject to hydrolysis) is 2. The van der Waals surface area contributed by atoms with Crippen LogP contribution in [0.1, 0.15) is 56.2 Å². The number of benzene rings is 2. The van der Waals surface area contributed by atoms with Crippen LogP contribution in [-0.4, -0.2) is 53.7 Å². The Kier molecular flexibility index (Phi) is 16.2. The first-order valence-corrected chi connectivity index (χ1v) is 15.8. The largest absolute Gasteiger partial charge is 0.460 e. The van der Waals surface area contributed by atoms with Gasteiger partial charge in [-0.25, -0.2) is 9.59 Å². The van der Waals surface area contributed by atoms with Crippen molar-refractivity contribution < 1.29 is 28.6 Å². The second kappa shape index (κ2) is 19.4. The average Bonchev–Trinajstić information content (AvgIpc) is 2.94. The topological polar surface area (TPSA) is 103 Å². The molecule has 0 aliphatic heterocycles. The van der Waals surface area contributed by atoms with Crippen molar-refractivity contribution in [3.05, 3.63) is 71.3 Å². The van der Waals surface area contributed by atoms with Crippen LogP contribution in [-0.2, 0) is 38.6 Å². The van der Waals surface area contributed by atoms with Gasteiger partial charge >= 0.3 is 18.2 Å². The van der Waals surface area contributed by atoms with E-state index in [-0.39, 0.29) is 19.2 Å². The summed E-state index contributed by atoms with van der Waals surface area (Å²) in [6, 6.07) is 17.6. The number of amides is 2. The predicted molar refractivity (Wildman–Crippen MR) is 163 cm³/mol. The van der Waals surface area contributed by atoms with E-state index in [1.165, 1.54) is 5.56 Å². The molecule has 0 fully saturated rings. The summed E-state index contributed by atoms with van der Waals surface area (Å²) < 4.78 is 16.1. The lowest BCUT2D eigenvalue weighted by atomic mass is 9.98. The minimum atomic E-state index is -0.524. The van der Waals surface area contributed by atoms with Crippen molar-refractivity contribution in [1.82, 2.24) is 10.6 Å². The maximum atomic E-state index is 12.3. The fourth-order valence-corrected chi connectivity index (χ4v) is 4.73. The molecule has 0 spiro atoms. The van der Waals surface area contributed by atoms with Crippen molar-refractivity contribution in [2.75, 3.05) is 29.9 Å². The zero-order valence-electron chi connectivity index (χ0n) is 23.4. The number of alkyl halides is 1. The second-order valence-corrected chi connectivity index (χ2v) is 11.8. The van der Waals surface area contributed by atoms with E-state index in [0.29, 0.717) is 36.3 Å². The van der Waals surface area contributed by atoms with Gasteiger partial charge in [0.2, 0.25) is 0 Å². The third-order valence-corrected chi connectivity index (χ3v) is 7.17. The van der Waals surface area contributed by atoms with E-state index < -0.39 is 17.8 Å². The lowest BCUT2D eigenvalue weighted by Crippen LogP contribution is -2.28. The van der Waals surface area contributed by atoms with E-state index in [0.717, 1.165) is 36.8 Å². The van der Waals surface area contributed by atoms with Gasteiger partial charge in [0.15, 0.2) is 0 Å². The van der Waals surface area contributed by atoms with Gasteiger partial charge in [-0.15, -0.1) is 0 Å². The SMILES string of the molecule is CC(C)(CCCCc1cccc(COC(=O)NCCBr)c1)OC(=O)CCSCCNC(=O)OCc1ccccc1. The molecule has 0 heterocycles. The van der Waals surface area contributed by atoms with Crippen molar-refractivity contribution in [1.29, 1.82) is 0 Å². The normalized spacial score (nSPS) is 11.0. The van der Waals surface area contributed by atoms with Crippen molar-refractivity contribution in [2.24, 2.45) is 0 Å². The fourth-order valence-electron chi connectivity index (χ4n) is 3.77. The Morgan fingerprint density at radius 1 is 0.825 bits per heavy atom. The molecule has 0 saturated heterocycles. The maximum absolute atomic E-state index is 12.3. The van der Waals surface area contributed by atoms with Crippen LogP contribution in [0.3, 0.4) is 0 Å². The molecule has 40 heavy (non-hydrogen) atoms. The van der Waals surface area contributed by atoms with Gasteiger partial charge in [0.25, 0.3) is 0 Å². The molecule has 2 amide bonds. The molecule has 0 unspecified atom stereocenters. The molecule has 0 bridgehead atoms. The molecule has 10 heteroatoms. The van der Waals surface area contributed by atoms with Gasteiger partial charge in [0.1, 0.15) is 18.8 Å².